The summed E-state index contributed by atoms with van der Waals surface area (Å²) < 4.78 is 7.85. The average Bonchev–Trinajstić information content (AvgIpc) is 3.41. The van der Waals surface area contributed by atoms with E-state index in [0.717, 1.165) is 68.9 Å². The first-order chi connectivity index (χ1) is 13.6. The lowest BCUT2D eigenvalue weighted by Gasteiger charge is -2.19. The molecule has 2 aliphatic heterocycles. The number of hydrogen-bond donors (Lipinski definition) is 1. The minimum Gasteiger partial charge on any atom is -0.376 e. The third-order valence-corrected chi connectivity index (χ3v) is 5.68. The summed E-state index contributed by atoms with van der Waals surface area (Å²) in [5.74, 6) is 2.06. The quantitative estimate of drug-likeness (QED) is 0.830. The van der Waals surface area contributed by atoms with Crippen molar-refractivity contribution in [1.29, 1.82) is 0 Å². The Morgan fingerprint density at radius 1 is 1.39 bits per heavy atom. The van der Waals surface area contributed by atoms with Crippen LogP contribution in [0.5, 0.6) is 0 Å². The van der Waals surface area contributed by atoms with Crippen LogP contribution in [-0.2, 0) is 17.7 Å². The number of pyridine rings is 1. The van der Waals surface area contributed by atoms with Gasteiger partial charge in [-0.3, -0.25) is 0 Å². The molecule has 2 saturated heterocycles. The zero-order chi connectivity index (χ0) is 19.5. The van der Waals surface area contributed by atoms with E-state index in [0.29, 0.717) is 18.4 Å². The molecule has 7 nitrogen and oxygen atoms in total. The maximum absolute atomic E-state index is 12.5. The second-order valence-corrected chi connectivity index (χ2v) is 8.50. The van der Waals surface area contributed by atoms with E-state index >= 15 is 0 Å². The molecule has 4 heterocycles. The third-order valence-electron chi connectivity index (χ3n) is 5.68. The molecule has 2 fully saturated rings. The molecule has 1 N–H and O–H groups in total. The maximum atomic E-state index is 12.5. The minimum absolute atomic E-state index is 0.0374. The smallest absolute Gasteiger partial charge is 0.317 e. The largest absolute Gasteiger partial charge is 0.376 e. The van der Waals surface area contributed by atoms with E-state index < -0.39 is 0 Å². The normalized spacial score (nSPS) is 22.5. The van der Waals surface area contributed by atoms with Crippen molar-refractivity contribution in [3.63, 3.8) is 0 Å². The van der Waals surface area contributed by atoms with E-state index in [2.05, 4.69) is 28.7 Å². The van der Waals surface area contributed by atoms with Crippen LogP contribution >= 0.6 is 0 Å². The molecule has 0 spiro atoms. The number of nitrogens with zero attached hydrogens (tertiary/aromatic N) is 4. The van der Waals surface area contributed by atoms with Gasteiger partial charge in [0.25, 0.3) is 0 Å². The summed E-state index contributed by atoms with van der Waals surface area (Å²) in [5, 5.41) is 3.04. The Bertz CT molecular complexity index is 812. The van der Waals surface area contributed by atoms with Gasteiger partial charge < -0.3 is 19.5 Å². The molecule has 0 bridgehead atoms. The van der Waals surface area contributed by atoms with Gasteiger partial charge >= 0.3 is 6.03 Å². The summed E-state index contributed by atoms with van der Waals surface area (Å²) in [6.07, 6.45) is 6.07. The van der Waals surface area contributed by atoms with Gasteiger partial charge in [0.1, 0.15) is 11.3 Å². The lowest BCUT2D eigenvalue weighted by Crippen LogP contribution is -2.41. The van der Waals surface area contributed by atoms with E-state index in [-0.39, 0.29) is 12.1 Å². The minimum atomic E-state index is 0.0374. The SMILES string of the molecule is CC(C)Cn1c(C[C@H]2CCN(C(=O)NC[C@H]3CCCO3)C2)nc2cccnc21. The van der Waals surface area contributed by atoms with Gasteiger partial charge in [-0.2, -0.15) is 0 Å². The van der Waals surface area contributed by atoms with Gasteiger partial charge in [-0.05, 0) is 43.2 Å². The van der Waals surface area contributed by atoms with Gasteiger partial charge in [0.2, 0.25) is 0 Å². The van der Waals surface area contributed by atoms with Crippen molar-refractivity contribution < 1.29 is 9.53 Å². The number of imidazole rings is 1. The number of carbonyl (C=O) groups excluding carboxylic acids is 1. The van der Waals surface area contributed by atoms with Gasteiger partial charge in [-0.1, -0.05) is 13.8 Å². The molecule has 0 aliphatic carbocycles. The van der Waals surface area contributed by atoms with Crippen molar-refractivity contribution in [1.82, 2.24) is 24.8 Å². The predicted molar refractivity (Wildman–Crippen MR) is 108 cm³/mol. The Hall–Kier alpha value is -2.15. The standard InChI is InChI=1S/C21H31N5O2/c1-15(2)13-26-19(24-18-6-3-8-22-20(18)26)11-16-7-9-25(14-16)21(27)23-12-17-5-4-10-28-17/h3,6,8,15-17H,4-5,7,9-14H2,1-2H3,(H,23,27)/t16-,17-/m1/s1. The van der Waals surface area contributed by atoms with Crippen LogP contribution in [-0.4, -0.2) is 57.8 Å². The average molecular weight is 386 g/mol. The first kappa shape index (κ1) is 19.2. The number of ether oxygens (including phenoxy) is 1. The molecule has 4 rings (SSSR count). The van der Waals surface area contributed by atoms with Crippen LogP contribution in [0.2, 0.25) is 0 Å². The summed E-state index contributed by atoms with van der Waals surface area (Å²) in [4.78, 5) is 23.8. The van der Waals surface area contributed by atoms with Gasteiger partial charge in [-0.25, -0.2) is 14.8 Å². The second kappa shape index (κ2) is 8.47. The highest BCUT2D eigenvalue weighted by Gasteiger charge is 2.28. The van der Waals surface area contributed by atoms with Crippen LogP contribution in [0.1, 0.15) is 38.9 Å². The molecule has 2 aromatic rings. The fourth-order valence-corrected chi connectivity index (χ4v) is 4.28. The lowest BCUT2D eigenvalue weighted by atomic mass is 10.0. The van der Waals surface area contributed by atoms with Crippen LogP contribution in [0.3, 0.4) is 0 Å². The van der Waals surface area contributed by atoms with Crippen LogP contribution in [0.25, 0.3) is 11.2 Å². The van der Waals surface area contributed by atoms with Gasteiger partial charge in [0.15, 0.2) is 5.65 Å². The van der Waals surface area contributed by atoms with Crippen LogP contribution in [0, 0.1) is 11.8 Å². The highest BCUT2D eigenvalue weighted by atomic mass is 16.5. The molecular formula is C21H31N5O2. The van der Waals surface area contributed by atoms with Crippen molar-refractivity contribution in [2.75, 3.05) is 26.2 Å². The maximum Gasteiger partial charge on any atom is 0.317 e. The molecule has 0 radical (unpaired) electrons. The molecule has 2 aromatic heterocycles. The molecule has 2 aliphatic rings. The number of rotatable bonds is 6. The number of amides is 2. The number of nitrogens with one attached hydrogen (secondary N) is 1. The Balaban J connectivity index is 1.37. The van der Waals surface area contributed by atoms with Crippen LogP contribution in [0.4, 0.5) is 4.79 Å². The molecular weight excluding hydrogens is 354 g/mol. The van der Waals surface area contributed by atoms with Crippen molar-refractivity contribution >= 4 is 17.2 Å². The molecule has 7 heteroatoms. The fourth-order valence-electron chi connectivity index (χ4n) is 4.28. The molecule has 28 heavy (non-hydrogen) atoms. The van der Waals surface area contributed by atoms with Crippen molar-refractivity contribution in [3.05, 3.63) is 24.2 Å². The highest BCUT2D eigenvalue weighted by molar-refractivity contribution is 5.74. The molecule has 2 amide bonds. The lowest BCUT2D eigenvalue weighted by molar-refractivity contribution is 0.109. The number of aromatic nitrogens is 3. The molecule has 0 unspecified atom stereocenters. The summed E-state index contributed by atoms with van der Waals surface area (Å²) in [5.41, 5.74) is 1.93. The third kappa shape index (κ3) is 4.29. The van der Waals surface area contributed by atoms with E-state index in [4.69, 9.17) is 9.72 Å². The Morgan fingerprint density at radius 3 is 3.07 bits per heavy atom. The first-order valence-electron chi connectivity index (χ1n) is 10.5. The summed E-state index contributed by atoms with van der Waals surface area (Å²) in [7, 11) is 0. The molecule has 2 atom stereocenters. The van der Waals surface area contributed by atoms with E-state index in [1.807, 2.05) is 23.2 Å². The highest BCUT2D eigenvalue weighted by Crippen LogP contribution is 2.24. The van der Waals surface area contributed by atoms with Crippen molar-refractivity contribution in [2.45, 2.75) is 52.2 Å². The first-order valence-corrected chi connectivity index (χ1v) is 10.5. The zero-order valence-corrected chi connectivity index (χ0v) is 16.9. The number of fused-ring (bicyclic) bond motifs is 1. The van der Waals surface area contributed by atoms with E-state index in [9.17, 15) is 4.79 Å². The van der Waals surface area contributed by atoms with Crippen molar-refractivity contribution in [2.24, 2.45) is 11.8 Å². The topological polar surface area (TPSA) is 72.3 Å². The summed E-state index contributed by atoms with van der Waals surface area (Å²) in [6, 6.07) is 4.01. The number of carbonyl (C=O) groups is 1. The Kier molecular flexibility index (Phi) is 5.80. The van der Waals surface area contributed by atoms with E-state index in [1.165, 1.54) is 0 Å². The monoisotopic (exact) mass is 385 g/mol. The molecule has 152 valence electrons. The second-order valence-electron chi connectivity index (χ2n) is 8.50. The Morgan fingerprint density at radius 2 is 2.29 bits per heavy atom. The summed E-state index contributed by atoms with van der Waals surface area (Å²) >= 11 is 0. The molecule has 0 saturated carbocycles. The number of likely N-dealkylation sites (tertiary alicyclic amines) is 1. The van der Waals surface area contributed by atoms with Gasteiger partial charge in [-0.15, -0.1) is 0 Å². The number of hydrogen-bond acceptors (Lipinski definition) is 4. The zero-order valence-electron chi connectivity index (χ0n) is 16.9. The van der Waals surface area contributed by atoms with E-state index in [1.54, 1.807) is 0 Å². The Labute approximate surface area is 166 Å². The van der Waals surface area contributed by atoms with Crippen LogP contribution < -0.4 is 5.32 Å². The number of urea groups is 1. The van der Waals surface area contributed by atoms with Crippen LogP contribution in [0.15, 0.2) is 18.3 Å². The van der Waals surface area contributed by atoms with Gasteiger partial charge in [0, 0.05) is 45.4 Å². The predicted octanol–water partition coefficient (Wildman–Crippen LogP) is 2.84. The van der Waals surface area contributed by atoms with Crippen molar-refractivity contribution in [3.8, 4) is 0 Å². The molecule has 0 aromatic carbocycles. The summed E-state index contributed by atoms with van der Waals surface area (Å²) in [6.45, 7) is 8.39. The fraction of sp³-hybridized carbons (Fsp3) is 0.667. The van der Waals surface area contributed by atoms with Gasteiger partial charge in [0.05, 0.1) is 6.10 Å².